The fourth-order valence-electron chi connectivity index (χ4n) is 3.85. The highest BCUT2D eigenvalue weighted by Crippen LogP contribution is 2.13. The lowest BCUT2D eigenvalue weighted by atomic mass is 10.1. The first-order valence-electron chi connectivity index (χ1n) is 10.3. The first-order valence-corrected chi connectivity index (χ1v) is 10.3. The van der Waals surface area contributed by atoms with Crippen LogP contribution in [0.4, 0.5) is 0 Å². The van der Waals surface area contributed by atoms with Crippen molar-refractivity contribution in [3.05, 3.63) is 65.7 Å². The van der Waals surface area contributed by atoms with Gasteiger partial charge in [0, 0.05) is 5.56 Å². The number of hydrogen-bond acceptors (Lipinski definition) is 2. The molecule has 1 aliphatic heterocycles. The summed E-state index contributed by atoms with van der Waals surface area (Å²) >= 11 is 0. The fourth-order valence-corrected chi connectivity index (χ4v) is 3.85. The van der Waals surface area contributed by atoms with Gasteiger partial charge in [-0.1, -0.05) is 55.8 Å². The van der Waals surface area contributed by atoms with Crippen LogP contribution in [0, 0.1) is 0 Å². The van der Waals surface area contributed by atoms with Gasteiger partial charge in [0.25, 0.3) is 0 Å². The number of aryl methyl sites for hydroxylation is 1. The highest BCUT2D eigenvalue weighted by Gasteiger charge is 2.25. The van der Waals surface area contributed by atoms with Gasteiger partial charge in [0.15, 0.2) is 0 Å². The molecular weight excluding hydrogens is 336 g/mol. The van der Waals surface area contributed by atoms with Crippen molar-refractivity contribution in [2.45, 2.75) is 32.4 Å². The average Bonchev–Trinajstić information content (AvgIpc) is 2.70. The summed E-state index contributed by atoms with van der Waals surface area (Å²) in [7, 11) is 0. The van der Waals surface area contributed by atoms with Crippen molar-refractivity contribution in [2.75, 3.05) is 39.3 Å². The average molecular weight is 371 g/mol. The quantitative estimate of drug-likeness (QED) is 0.597. The second-order valence-electron chi connectivity index (χ2n) is 7.73. The van der Waals surface area contributed by atoms with Crippen molar-refractivity contribution in [1.82, 2.24) is 0 Å². The van der Waals surface area contributed by atoms with Crippen LogP contribution < -0.4 is 14.5 Å². The Hall–Kier alpha value is -1.88. The Balaban J connectivity index is 1.34. The van der Waals surface area contributed by atoms with Crippen LogP contribution in [-0.4, -0.2) is 50.5 Å². The van der Waals surface area contributed by atoms with Gasteiger partial charge in [-0.2, -0.15) is 0 Å². The van der Waals surface area contributed by atoms with Crippen molar-refractivity contribution in [3.63, 3.8) is 0 Å². The summed E-state index contributed by atoms with van der Waals surface area (Å²) in [4.78, 5) is 3.13. The summed E-state index contributed by atoms with van der Waals surface area (Å²) in [6, 6.07) is 19.0. The van der Waals surface area contributed by atoms with Gasteiger partial charge >= 0.3 is 0 Å². The predicted octanol–water partition coefficient (Wildman–Crippen LogP) is 0.362. The van der Waals surface area contributed by atoms with Crippen LogP contribution in [0.3, 0.4) is 0 Å². The lowest BCUT2D eigenvalue weighted by Gasteiger charge is -2.30. The van der Waals surface area contributed by atoms with Crippen molar-refractivity contribution >= 4 is 0 Å². The Morgan fingerprint density at radius 2 is 1.56 bits per heavy atom. The van der Waals surface area contributed by atoms with E-state index in [1.807, 2.05) is 12.1 Å². The van der Waals surface area contributed by atoms with E-state index in [0.29, 0.717) is 6.61 Å². The third-order valence-corrected chi connectivity index (χ3v) is 5.39. The van der Waals surface area contributed by atoms with Crippen molar-refractivity contribution in [2.24, 2.45) is 0 Å². The first-order chi connectivity index (χ1) is 13.2. The molecule has 3 N–H and O–H groups in total. The SMILES string of the molecule is CCCc1ccc(OC[C@@H](O)C[NH+]2CC[NH+](Cc3ccccc3)CC2)cc1. The highest BCUT2D eigenvalue weighted by molar-refractivity contribution is 5.27. The third kappa shape index (κ3) is 6.65. The molecule has 2 aromatic rings. The number of aliphatic hydroxyl groups is 1. The third-order valence-electron chi connectivity index (χ3n) is 5.39. The molecule has 1 heterocycles. The standard InChI is InChI=1S/C23H32N2O2/c1-2-6-20-9-11-23(12-10-20)27-19-22(26)18-25-15-13-24(14-16-25)17-21-7-4-3-5-8-21/h3-5,7-12,22,26H,2,6,13-19H2,1H3/p+2/t22-/m0/s1. The molecule has 146 valence electrons. The molecule has 2 aromatic carbocycles. The maximum Gasteiger partial charge on any atom is 0.137 e. The number of aliphatic hydroxyl groups excluding tert-OH is 1. The van der Waals surface area contributed by atoms with E-state index in [1.165, 1.54) is 16.0 Å². The fraction of sp³-hybridized carbons (Fsp3) is 0.478. The molecular formula is C23H34N2O2+2. The van der Waals surface area contributed by atoms with Crippen LogP contribution >= 0.6 is 0 Å². The van der Waals surface area contributed by atoms with Crippen LogP contribution in [0.2, 0.25) is 0 Å². The van der Waals surface area contributed by atoms with E-state index >= 15 is 0 Å². The molecule has 0 aromatic heterocycles. The molecule has 0 bridgehead atoms. The van der Waals surface area contributed by atoms with Gasteiger partial charge in [-0.15, -0.1) is 0 Å². The molecule has 4 nitrogen and oxygen atoms in total. The van der Waals surface area contributed by atoms with Gasteiger partial charge < -0.3 is 19.6 Å². The molecule has 4 heteroatoms. The molecule has 1 aliphatic rings. The van der Waals surface area contributed by atoms with E-state index in [9.17, 15) is 5.11 Å². The minimum Gasteiger partial charge on any atom is -0.491 e. The second-order valence-corrected chi connectivity index (χ2v) is 7.73. The lowest BCUT2D eigenvalue weighted by molar-refractivity contribution is -1.02. The molecule has 0 saturated carbocycles. The molecule has 0 spiro atoms. The number of quaternary nitrogens is 2. The van der Waals surface area contributed by atoms with Crippen LogP contribution in [0.1, 0.15) is 24.5 Å². The lowest BCUT2D eigenvalue weighted by Crippen LogP contribution is -3.28. The Morgan fingerprint density at radius 1 is 0.889 bits per heavy atom. The maximum atomic E-state index is 10.4. The summed E-state index contributed by atoms with van der Waals surface area (Å²) in [6.07, 6.45) is 1.85. The van der Waals surface area contributed by atoms with Gasteiger partial charge in [0.05, 0.1) is 0 Å². The van der Waals surface area contributed by atoms with Gasteiger partial charge in [0.2, 0.25) is 0 Å². The van der Waals surface area contributed by atoms with Gasteiger partial charge in [-0.25, -0.2) is 0 Å². The van der Waals surface area contributed by atoms with E-state index in [2.05, 4.69) is 49.4 Å². The van der Waals surface area contributed by atoms with Crippen LogP contribution in [0.25, 0.3) is 0 Å². The Morgan fingerprint density at radius 3 is 2.22 bits per heavy atom. The Labute approximate surface area is 163 Å². The second kappa shape index (κ2) is 10.5. The highest BCUT2D eigenvalue weighted by atomic mass is 16.5. The molecule has 0 unspecified atom stereocenters. The number of ether oxygens (including phenoxy) is 1. The number of benzene rings is 2. The smallest absolute Gasteiger partial charge is 0.137 e. The molecule has 1 fully saturated rings. The molecule has 27 heavy (non-hydrogen) atoms. The molecule has 1 atom stereocenters. The van der Waals surface area contributed by atoms with Gasteiger partial charge in [-0.3, -0.25) is 0 Å². The van der Waals surface area contributed by atoms with Crippen molar-refractivity contribution in [1.29, 1.82) is 0 Å². The van der Waals surface area contributed by atoms with E-state index in [4.69, 9.17) is 4.74 Å². The summed E-state index contributed by atoms with van der Waals surface area (Å²) in [5.41, 5.74) is 2.75. The zero-order chi connectivity index (χ0) is 18.9. The zero-order valence-corrected chi connectivity index (χ0v) is 16.5. The van der Waals surface area contributed by atoms with Gasteiger partial charge in [-0.05, 0) is 24.1 Å². The van der Waals surface area contributed by atoms with Gasteiger partial charge in [0.1, 0.15) is 57.7 Å². The van der Waals surface area contributed by atoms with E-state index in [-0.39, 0.29) is 0 Å². The minimum atomic E-state index is -0.411. The summed E-state index contributed by atoms with van der Waals surface area (Å²) in [5.74, 6) is 0.848. The predicted molar refractivity (Wildman–Crippen MR) is 108 cm³/mol. The Kier molecular flexibility index (Phi) is 7.69. The zero-order valence-electron chi connectivity index (χ0n) is 16.5. The largest absolute Gasteiger partial charge is 0.491 e. The molecule has 0 amide bonds. The summed E-state index contributed by atoms with van der Waals surface area (Å²) in [5, 5.41) is 10.4. The van der Waals surface area contributed by atoms with E-state index in [0.717, 1.165) is 57.9 Å². The maximum absolute atomic E-state index is 10.4. The molecule has 3 rings (SSSR count). The monoisotopic (exact) mass is 370 g/mol. The Bertz CT molecular complexity index is 652. The van der Waals surface area contributed by atoms with E-state index < -0.39 is 6.10 Å². The molecule has 0 aliphatic carbocycles. The number of rotatable bonds is 9. The normalized spacial score (nSPS) is 21.0. The first kappa shape index (κ1) is 19.9. The number of hydrogen-bond donors (Lipinski definition) is 3. The minimum absolute atomic E-state index is 0.372. The van der Waals surface area contributed by atoms with Crippen LogP contribution in [0.5, 0.6) is 5.75 Å². The molecule has 0 radical (unpaired) electrons. The van der Waals surface area contributed by atoms with Crippen LogP contribution in [0.15, 0.2) is 54.6 Å². The van der Waals surface area contributed by atoms with Crippen molar-refractivity contribution in [3.8, 4) is 5.75 Å². The number of piperazine rings is 1. The van der Waals surface area contributed by atoms with Crippen LogP contribution in [-0.2, 0) is 13.0 Å². The summed E-state index contributed by atoms with van der Waals surface area (Å²) < 4.78 is 5.77. The number of nitrogens with one attached hydrogen (secondary N) is 2. The van der Waals surface area contributed by atoms with E-state index in [1.54, 1.807) is 4.90 Å². The topological polar surface area (TPSA) is 38.3 Å². The van der Waals surface area contributed by atoms with Crippen molar-refractivity contribution < 1.29 is 19.6 Å². The molecule has 1 saturated heterocycles. The summed E-state index contributed by atoms with van der Waals surface area (Å²) in [6.45, 7) is 8.99.